The van der Waals surface area contributed by atoms with E-state index in [1.165, 1.54) is 0 Å². The lowest BCUT2D eigenvalue weighted by Crippen LogP contribution is -1.87. The average molecular weight is 220 g/mol. The van der Waals surface area contributed by atoms with Crippen LogP contribution in [0.25, 0.3) is 12.2 Å². The molecule has 2 nitrogen and oxygen atoms in total. The van der Waals surface area contributed by atoms with Crippen LogP contribution in [0.2, 0.25) is 0 Å². The molecule has 0 aliphatic heterocycles. The summed E-state index contributed by atoms with van der Waals surface area (Å²) in [5, 5.41) is 8.69. The molecule has 2 rings (SSSR count). The number of benzene rings is 2. The molecule has 82 valence electrons. The largest absolute Gasteiger partial charge is 0.398 e. The summed E-state index contributed by atoms with van der Waals surface area (Å²) in [6.07, 6.45) is 3.95. The highest BCUT2D eigenvalue weighted by Gasteiger charge is 1.93. The van der Waals surface area contributed by atoms with Crippen molar-refractivity contribution in [1.29, 1.82) is 5.26 Å². The number of hydrogen-bond donors (Lipinski definition) is 1. The predicted octanol–water partition coefficient (Wildman–Crippen LogP) is 3.31. The topological polar surface area (TPSA) is 49.8 Å². The molecule has 0 amide bonds. The standard InChI is InChI=1S/C15H12N2/c16-11-13-7-5-12(6-8-13)9-10-14-3-1-2-4-15(14)17/h1-10H,17H2. The fourth-order valence-corrected chi connectivity index (χ4v) is 1.52. The highest BCUT2D eigenvalue weighted by Crippen LogP contribution is 2.14. The zero-order chi connectivity index (χ0) is 12.1. The molecule has 0 saturated carbocycles. The van der Waals surface area contributed by atoms with Crippen molar-refractivity contribution in [2.75, 3.05) is 5.73 Å². The molecule has 2 aromatic carbocycles. The third-order valence-electron chi connectivity index (χ3n) is 2.49. The summed E-state index contributed by atoms with van der Waals surface area (Å²) >= 11 is 0. The fourth-order valence-electron chi connectivity index (χ4n) is 1.52. The second kappa shape index (κ2) is 5.00. The minimum Gasteiger partial charge on any atom is -0.398 e. The van der Waals surface area contributed by atoms with Crippen molar-refractivity contribution < 1.29 is 0 Å². The van der Waals surface area contributed by atoms with Crippen LogP contribution in [0.15, 0.2) is 48.5 Å². The molecule has 17 heavy (non-hydrogen) atoms. The average Bonchev–Trinajstić information content (AvgIpc) is 2.38. The van der Waals surface area contributed by atoms with Gasteiger partial charge in [0.25, 0.3) is 0 Å². The molecule has 2 N–H and O–H groups in total. The van der Waals surface area contributed by atoms with Crippen molar-refractivity contribution in [2.24, 2.45) is 0 Å². The molecule has 0 saturated heterocycles. The van der Waals surface area contributed by atoms with Crippen molar-refractivity contribution in [1.82, 2.24) is 0 Å². The van der Waals surface area contributed by atoms with E-state index in [1.807, 2.05) is 48.6 Å². The molecule has 0 radical (unpaired) electrons. The maximum Gasteiger partial charge on any atom is 0.0991 e. The van der Waals surface area contributed by atoms with E-state index in [9.17, 15) is 0 Å². The third-order valence-corrected chi connectivity index (χ3v) is 2.49. The number of nitriles is 1. The molecule has 0 fully saturated rings. The number of para-hydroxylation sites is 1. The Morgan fingerprint density at radius 1 is 0.941 bits per heavy atom. The molecule has 0 spiro atoms. The molecule has 0 bridgehead atoms. The van der Waals surface area contributed by atoms with E-state index >= 15 is 0 Å². The number of hydrogen-bond acceptors (Lipinski definition) is 2. The molecule has 0 atom stereocenters. The van der Waals surface area contributed by atoms with Gasteiger partial charge in [-0.25, -0.2) is 0 Å². The van der Waals surface area contributed by atoms with Crippen molar-refractivity contribution in [2.45, 2.75) is 0 Å². The minimum atomic E-state index is 0.668. The van der Waals surface area contributed by atoms with Gasteiger partial charge in [0.1, 0.15) is 0 Å². The van der Waals surface area contributed by atoms with E-state index in [1.54, 1.807) is 12.1 Å². The predicted molar refractivity (Wildman–Crippen MR) is 70.9 cm³/mol. The lowest BCUT2D eigenvalue weighted by molar-refractivity contribution is 1.48. The smallest absolute Gasteiger partial charge is 0.0991 e. The van der Waals surface area contributed by atoms with Crippen LogP contribution < -0.4 is 5.73 Å². The molecule has 2 aromatic rings. The van der Waals surface area contributed by atoms with Gasteiger partial charge in [-0.05, 0) is 29.3 Å². The summed E-state index contributed by atoms with van der Waals surface area (Å²) in [5.41, 5.74) is 9.31. The molecule has 2 heteroatoms. The summed E-state index contributed by atoms with van der Waals surface area (Å²) in [4.78, 5) is 0. The molecular formula is C15H12N2. The van der Waals surface area contributed by atoms with Crippen LogP contribution in [0.3, 0.4) is 0 Å². The highest BCUT2D eigenvalue weighted by molar-refractivity contribution is 5.75. The lowest BCUT2D eigenvalue weighted by Gasteiger charge is -1.98. The van der Waals surface area contributed by atoms with E-state index < -0.39 is 0 Å². The van der Waals surface area contributed by atoms with Gasteiger partial charge in [0.15, 0.2) is 0 Å². The first-order chi connectivity index (χ1) is 8.29. The summed E-state index contributed by atoms with van der Waals surface area (Å²) in [7, 11) is 0. The van der Waals surface area contributed by atoms with E-state index in [0.29, 0.717) is 5.56 Å². The SMILES string of the molecule is N#Cc1ccc(C=Cc2ccccc2N)cc1. The van der Waals surface area contributed by atoms with Crippen LogP contribution in [-0.4, -0.2) is 0 Å². The van der Waals surface area contributed by atoms with Gasteiger partial charge in [-0.2, -0.15) is 5.26 Å². The Labute approximate surface area is 101 Å². The summed E-state index contributed by atoms with van der Waals surface area (Å²) < 4.78 is 0. The van der Waals surface area contributed by atoms with Crippen molar-refractivity contribution in [3.63, 3.8) is 0 Å². The van der Waals surface area contributed by atoms with Crippen LogP contribution >= 0.6 is 0 Å². The molecule has 0 aliphatic rings. The van der Waals surface area contributed by atoms with Gasteiger partial charge in [0, 0.05) is 5.69 Å². The zero-order valence-electron chi connectivity index (χ0n) is 9.30. The van der Waals surface area contributed by atoms with Crippen LogP contribution in [0.5, 0.6) is 0 Å². The summed E-state index contributed by atoms with van der Waals surface area (Å²) in [6.45, 7) is 0. The first kappa shape index (κ1) is 11.0. The van der Waals surface area contributed by atoms with Gasteiger partial charge in [-0.3, -0.25) is 0 Å². The van der Waals surface area contributed by atoms with E-state index in [4.69, 9.17) is 11.0 Å². The number of nitrogen functional groups attached to an aromatic ring is 1. The van der Waals surface area contributed by atoms with Crippen molar-refractivity contribution >= 4 is 17.8 Å². The molecular weight excluding hydrogens is 208 g/mol. The molecule has 0 unspecified atom stereocenters. The van der Waals surface area contributed by atoms with E-state index in [0.717, 1.165) is 16.8 Å². The number of rotatable bonds is 2. The second-order valence-corrected chi connectivity index (χ2v) is 3.70. The van der Waals surface area contributed by atoms with Gasteiger partial charge in [-0.15, -0.1) is 0 Å². The zero-order valence-corrected chi connectivity index (χ0v) is 9.30. The Bertz CT molecular complexity index is 575. The Balaban J connectivity index is 2.21. The molecule has 0 aromatic heterocycles. The monoisotopic (exact) mass is 220 g/mol. The van der Waals surface area contributed by atoms with E-state index in [-0.39, 0.29) is 0 Å². The van der Waals surface area contributed by atoms with Gasteiger partial charge in [-0.1, -0.05) is 42.5 Å². The van der Waals surface area contributed by atoms with Crippen LogP contribution in [0.1, 0.15) is 16.7 Å². The Kier molecular flexibility index (Phi) is 3.23. The summed E-state index contributed by atoms with van der Waals surface area (Å²) in [5.74, 6) is 0. The fraction of sp³-hybridized carbons (Fsp3) is 0. The maximum absolute atomic E-state index is 8.69. The first-order valence-corrected chi connectivity index (χ1v) is 5.32. The number of nitrogens with zero attached hydrogens (tertiary/aromatic N) is 1. The van der Waals surface area contributed by atoms with Gasteiger partial charge in [0.2, 0.25) is 0 Å². The molecule has 0 aliphatic carbocycles. The minimum absolute atomic E-state index is 0.668. The lowest BCUT2D eigenvalue weighted by atomic mass is 10.1. The Hall–Kier alpha value is -2.53. The van der Waals surface area contributed by atoms with Crippen LogP contribution in [0.4, 0.5) is 5.69 Å². The quantitative estimate of drug-likeness (QED) is 0.623. The first-order valence-electron chi connectivity index (χ1n) is 5.32. The summed E-state index contributed by atoms with van der Waals surface area (Å²) in [6, 6.07) is 17.2. The number of anilines is 1. The normalized spacial score (nSPS) is 10.3. The molecule has 0 heterocycles. The third kappa shape index (κ3) is 2.73. The van der Waals surface area contributed by atoms with Gasteiger partial charge >= 0.3 is 0 Å². The van der Waals surface area contributed by atoms with Gasteiger partial charge in [0.05, 0.1) is 11.6 Å². The number of nitrogens with two attached hydrogens (primary N) is 1. The van der Waals surface area contributed by atoms with Crippen molar-refractivity contribution in [3.8, 4) is 6.07 Å². The highest BCUT2D eigenvalue weighted by atomic mass is 14.5. The Morgan fingerprint density at radius 3 is 2.29 bits per heavy atom. The van der Waals surface area contributed by atoms with E-state index in [2.05, 4.69) is 6.07 Å². The van der Waals surface area contributed by atoms with Crippen LogP contribution in [0, 0.1) is 11.3 Å². The van der Waals surface area contributed by atoms with Gasteiger partial charge < -0.3 is 5.73 Å². The second-order valence-electron chi connectivity index (χ2n) is 3.70. The van der Waals surface area contributed by atoms with Crippen molar-refractivity contribution in [3.05, 3.63) is 65.2 Å². The van der Waals surface area contributed by atoms with Crippen LogP contribution in [-0.2, 0) is 0 Å². The maximum atomic E-state index is 8.69. The Morgan fingerprint density at radius 2 is 1.65 bits per heavy atom.